The fourth-order valence-electron chi connectivity index (χ4n) is 1.62. The van der Waals surface area contributed by atoms with Crippen LogP contribution in [0, 0.1) is 17.5 Å². The molecule has 0 aromatic heterocycles. The molecule has 0 aliphatic heterocycles. The summed E-state index contributed by atoms with van der Waals surface area (Å²) in [5.74, 6) is -4.05. The van der Waals surface area contributed by atoms with Crippen molar-refractivity contribution in [2.45, 2.75) is 18.2 Å². The average Bonchev–Trinajstić information content (AvgIpc) is 2.27. The lowest BCUT2D eigenvalue weighted by Gasteiger charge is -2.20. The lowest BCUT2D eigenvalue weighted by Crippen LogP contribution is -2.34. The molecule has 0 saturated heterocycles. The Balaban J connectivity index is 3.26. The molecule has 0 saturated carbocycles. The highest BCUT2D eigenvalue weighted by Crippen LogP contribution is 2.23. The van der Waals surface area contributed by atoms with E-state index in [0.717, 1.165) is 4.31 Å². The first-order chi connectivity index (χ1) is 8.84. The third kappa shape index (κ3) is 3.46. The molecule has 108 valence electrons. The summed E-state index contributed by atoms with van der Waals surface area (Å²) in [5, 5.41) is 0. The van der Waals surface area contributed by atoms with Crippen LogP contribution < -0.4 is 5.73 Å². The Hall–Kier alpha value is -1.12. The van der Waals surface area contributed by atoms with Gasteiger partial charge < -0.3 is 5.73 Å². The smallest absolute Gasteiger partial charge is 0.248 e. The maximum Gasteiger partial charge on any atom is 0.248 e. The zero-order valence-electron chi connectivity index (χ0n) is 10.4. The van der Waals surface area contributed by atoms with E-state index in [-0.39, 0.29) is 19.6 Å². The summed E-state index contributed by atoms with van der Waals surface area (Å²) >= 11 is 0. The van der Waals surface area contributed by atoms with E-state index < -0.39 is 32.4 Å². The van der Waals surface area contributed by atoms with E-state index >= 15 is 0 Å². The van der Waals surface area contributed by atoms with Gasteiger partial charge in [0.2, 0.25) is 10.0 Å². The molecule has 0 radical (unpaired) electrons. The molecule has 0 aliphatic rings. The molecule has 0 bridgehead atoms. The molecular formula is C11H15F3N2O2S. The Morgan fingerprint density at radius 3 is 2.16 bits per heavy atom. The number of sulfonamides is 1. The van der Waals surface area contributed by atoms with Crippen LogP contribution in [0.2, 0.25) is 0 Å². The van der Waals surface area contributed by atoms with Crippen LogP contribution in [0.5, 0.6) is 0 Å². The van der Waals surface area contributed by atoms with Gasteiger partial charge >= 0.3 is 0 Å². The SMILES string of the molecule is CCN(CCCN)S(=O)(=O)c1c(F)cc(F)cc1F. The normalized spacial score (nSPS) is 12.1. The largest absolute Gasteiger partial charge is 0.330 e. The molecule has 19 heavy (non-hydrogen) atoms. The molecule has 0 atom stereocenters. The van der Waals surface area contributed by atoms with E-state index in [1.54, 1.807) is 0 Å². The summed E-state index contributed by atoms with van der Waals surface area (Å²) in [4.78, 5) is -1.13. The molecule has 1 aromatic rings. The van der Waals surface area contributed by atoms with E-state index in [2.05, 4.69) is 0 Å². The van der Waals surface area contributed by atoms with Crippen molar-refractivity contribution in [3.05, 3.63) is 29.6 Å². The number of nitrogens with two attached hydrogens (primary N) is 1. The van der Waals surface area contributed by atoms with Crippen LogP contribution in [0.25, 0.3) is 0 Å². The summed E-state index contributed by atoms with van der Waals surface area (Å²) in [6.45, 7) is 1.87. The van der Waals surface area contributed by atoms with Crippen LogP contribution in [0.15, 0.2) is 17.0 Å². The molecule has 2 N–H and O–H groups in total. The maximum atomic E-state index is 13.5. The molecule has 0 unspecified atom stereocenters. The van der Waals surface area contributed by atoms with Crippen molar-refractivity contribution < 1.29 is 21.6 Å². The van der Waals surface area contributed by atoms with Gasteiger partial charge in [0.05, 0.1) is 0 Å². The maximum absolute atomic E-state index is 13.5. The molecule has 0 aliphatic carbocycles. The van der Waals surface area contributed by atoms with Gasteiger partial charge in [0.1, 0.15) is 17.5 Å². The summed E-state index contributed by atoms with van der Waals surface area (Å²) in [5.41, 5.74) is 5.27. The van der Waals surface area contributed by atoms with Crippen LogP contribution in [0.3, 0.4) is 0 Å². The van der Waals surface area contributed by atoms with E-state index in [4.69, 9.17) is 5.73 Å². The van der Waals surface area contributed by atoms with Crippen LogP contribution in [-0.4, -0.2) is 32.4 Å². The van der Waals surface area contributed by atoms with Gasteiger partial charge in [-0.15, -0.1) is 0 Å². The van der Waals surface area contributed by atoms with E-state index in [9.17, 15) is 21.6 Å². The third-order valence-corrected chi connectivity index (χ3v) is 4.55. The second-order valence-electron chi connectivity index (χ2n) is 3.84. The predicted octanol–water partition coefficient (Wildman–Crippen LogP) is 1.46. The second-order valence-corrected chi connectivity index (χ2v) is 5.71. The number of benzene rings is 1. The molecule has 0 heterocycles. The number of rotatable bonds is 6. The molecule has 8 heteroatoms. The zero-order valence-corrected chi connectivity index (χ0v) is 11.2. The number of hydrogen-bond donors (Lipinski definition) is 1. The number of halogens is 3. The molecular weight excluding hydrogens is 281 g/mol. The number of nitrogens with zero attached hydrogens (tertiary/aromatic N) is 1. The summed E-state index contributed by atoms with van der Waals surface area (Å²) in [6, 6.07) is 0.680. The van der Waals surface area contributed by atoms with E-state index in [1.807, 2.05) is 0 Å². The van der Waals surface area contributed by atoms with Crippen LogP contribution in [0.1, 0.15) is 13.3 Å². The van der Waals surface area contributed by atoms with Gasteiger partial charge in [-0.1, -0.05) is 6.92 Å². The Labute approximate surface area is 110 Å². The van der Waals surface area contributed by atoms with E-state index in [0.29, 0.717) is 18.6 Å². The molecule has 4 nitrogen and oxygen atoms in total. The van der Waals surface area contributed by atoms with Gasteiger partial charge in [0.25, 0.3) is 0 Å². The Bertz CT molecular complexity index is 526. The lowest BCUT2D eigenvalue weighted by atomic mass is 10.3. The third-order valence-electron chi connectivity index (χ3n) is 2.53. The van der Waals surface area contributed by atoms with Crippen molar-refractivity contribution in [1.29, 1.82) is 0 Å². The minimum absolute atomic E-state index is 0.0403. The fraction of sp³-hybridized carbons (Fsp3) is 0.455. The minimum atomic E-state index is -4.34. The molecule has 0 amide bonds. The summed E-state index contributed by atoms with van der Waals surface area (Å²) in [7, 11) is -4.34. The highest BCUT2D eigenvalue weighted by Gasteiger charge is 2.30. The fourth-order valence-corrected chi connectivity index (χ4v) is 3.20. The summed E-state index contributed by atoms with van der Waals surface area (Å²) in [6.07, 6.45) is 0.359. The van der Waals surface area contributed by atoms with Crippen molar-refractivity contribution >= 4 is 10.0 Å². The van der Waals surface area contributed by atoms with Gasteiger partial charge in [-0.3, -0.25) is 0 Å². The highest BCUT2D eigenvalue weighted by atomic mass is 32.2. The van der Waals surface area contributed by atoms with Gasteiger partial charge in [0, 0.05) is 25.2 Å². The minimum Gasteiger partial charge on any atom is -0.330 e. The Kier molecular flexibility index (Phi) is 5.33. The first-order valence-electron chi connectivity index (χ1n) is 5.69. The Morgan fingerprint density at radius 2 is 1.74 bits per heavy atom. The first kappa shape index (κ1) is 15.9. The van der Waals surface area contributed by atoms with Crippen molar-refractivity contribution in [3.8, 4) is 0 Å². The van der Waals surface area contributed by atoms with Crippen molar-refractivity contribution in [3.63, 3.8) is 0 Å². The monoisotopic (exact) mass is 296 g/mol. The van der Waals surface area contributed by atoms with Gasteiger partial charge in [-0.2, -0.15) is 4.31 Å². The Morgan fingerprint density at radius 1 is 1.21 bits per heavy atom. The van der Waals surface area contributed by atoms with Crippen LogP contribution in [0.4, 0.5) is 13.2 Å². The first-order valence-corrected chi connectivity index (χ1v) is 7.13. The van der Waals surface area contributed by atoms with Gasteiger partial charge in [-0.05, 0) is 13.0 Å². The molecule has 1 aromatic carbocycles. The zero-order chi connectivity index (χ0) is 14.6. The average molecular weight is 296 g/mol. The molecule has 0 fully saturated rings. The van der Waals surface area contributed by atoms with Gasteiger partial charge in [0.15, 0.2) is 4.90 Å². The van der Waals surface area contributed by atoms with Gasteiger partial charge in [-0.25, -0.2) is 21.6 Å². The molecule has 0 spiro atoms. The van der Waals surface area contributed by atoms with Crippen LogP contribution in [-0.2, 0) is 10.0 Å². The number of hydrogen-bond acceptors (Lipinski definition) is 3. The standard InChI is InChI=1S/C11H15F3N2O2S/c1-2-16(5-3-4-15)19(17,18)11-9(13)6-8(12)7-10(11)14/h6-7H,2-5,15H2,1H3. The van der Waals surface area contributed by atoms with Crippen molar-refractivity contribution in [2.24, 2.45) is 5.73 Å². The van der Waals surface area contributed by atoms with Crippen molar-refractivity contribution in [1.82, 2.24) is 4.31 Å². The topological polar surface area (TPSA) is 63.4 Å². The summed E-state index contributed by atoms with van der Waals surface area (Å²) < 4.78 is 64.9. The molecule has 1 rings (SSSR count). The highest BCUT2D eigenvalue weighted by molar-refractivity contribution is 7.89. The predicted molar refractivity (Wildman–Crippen MR) is 64.4 cm³/mol. The quantitative estimate of drug-likeness (QED) is 0.864. The van der Waals surface area contributed by atoms with Crippen molar-refractivity contribution in [2.75, 3.05) is 19.6 Å². The second kappa shape index (κ2) is 6.36. The van der Waals surface area contributed by atoms with E-state index in [1.165, 1.54) is 6.92 Å². The lowest BCUT2D eigenvalue weighted by molar-refractivity contribution is 0.411. The van der Waals surface area contributed by atoms with Crippen LogP contribution >= 0.6 is 0 Å².